The number of carbonyl (C=O) groups is 1. The normalized spacial score (nSPS) is 15.1. The summed E-state index contributed by atoms with van der Waals surface area (Å²) in [6.45, 7) is 1.33. The first kappa shape index (κ1) is 15.2. The molecule has 2 N–H and O–H groups in total. The number of hydrogen-bond donors (Lipinski definition) is 2. The Kier molecular flexibility index (Phi) is 7.16. The molecule has 0 rings (SSSR count). The molecule has 0 aliphatic rings. The van der Waals surface area contributed by atoms with Crippen molar-refractivity contribution in [3.05, 3.63) is 0 Å². The number of aliphatic carboxylic acids is 1. The Morgan fingerprint density at radius 3 is 2.56 bits per heavy atom. The summed E-state index contributed by atoms with van der Waals surface area (Å²) in [5.74, 6) is -0.925. The summed E-state index contributed by atoms with van der Waals surface area (Å²) in [5.41, 5.74) is -0.978. The lowest BCUT2D eigenvalue weighted by Gasteiger charge is -2.27. The number of ether oxygens (including phenoxy) is 1. The van der Waals surface area contributed by atoms with Crippen LogP contribution in [0.15, 0.2) is 0 Å². The van der Waals surface area contributed by atoms with E-state index >= 15 is 0 Å². The van der Waals surface area contributed by atoms with E-state index in [4.69, 9.17) is 5.11 Å². The van der Waals surface area contributed by atoms with Gasteiger partial charge in [-0.1, -0.05) is 6.92 Å². The number of hydrogen-bond acceptors (Lipinski definition) is 3. The van der Waals surface area contributed by atoms with Gasteiger partial charge in [0.05, 0.1) is 0 Å². The van der Waals surface area contributed by atoms with Crippen LogP contribution in [0.2, 0.25) is 0 Å². The first-order valence-corrected chi connectivity index (χ1v) is 5.26. The quantitative estimate of drug-likeness (QED) is 0.599. The second kappa shape index (κ2) is 7.51. The molecule has 1 unspecified atom stereocenters. The Bertz CT molecular complexity index is 208. The third-order valence-corrected chi connectivity index (χ3v) is 2.63. The highest BCUT2D eigenvalue weighted by molar-refractivity contribution is 5.78. The fourth-order valence-corrected chi connectivity index (χ4v) is 1.49. The van der Waals surface area contributed by atoms with Gasteiger partial charge in [-0.2, -0.15) is 0 Å². The lowest BCUT2D eigenvalue weighted by Crippen LogP contribution is -2.49. The van der Waals surface area contributed by atoms with E-state index in [-0.39, 0.29) is 6.61 Å². The molecule has 16 heavy (non-hydrogen) atoms. The Morgan fingerprint density at radius 2 is 2.19 bits per heavy atom. The fourth-order valence-electron chi connectivity index (χ4n) is 1.49. The van der Waals surface area contributed by atoms with Gasteiger partial charge in [-0.05, 0) is 26.3 Å². The molecule has 0 heterocycles. The highest BCUT2D eigenvalue weighted by atomic mass is 19.3. The molecule has 0 aliphatic heterocycles. The van der Waals surface area contributed by atoms with Gasteiger partial charge in [0, 0.05) is 6.61 Å². The average Bonchev–Trinajstić information content (AvgIpc) is 2.23. The third-order valence-electron chi connectivity index (χ3n) is 2.63. The van der Waals surface area contributed by atoms with Crippen LogP contribution in [-0.2, 0) is 9.53 Å². The van der Waals surface area contributed by atoms with Crippen molar-refractivity contribution >= 4 is 5.97 Å². The van der Waals surface area contributed by atoms with E-state index in [1.54, 1.807) is 14.0 Å². The number of alkyl halides is 2. The molecule has 96 valence electrons. The molecule has 0 fully saturated rings. The molecule has 0 radical (unpaired) electrons. The summed E-state index contributed by atoms with van der Waals surface area (Å²) in [6.07, 6.45) is -1.24. The van der Waals surface area contributed by atoms with Gasteiger partial charge in [-0.15, -0.1) is 0 Å². The van der Waals surface area contributed by atoms with Crippen molar-refractivity contribution in [1.82, 2.24) is 5.32 Å². The largest absolute Gasteiger partial charge is 0.480 e. The third kappa shape index (κ3) is 4.85. The molecule has 0 aromatic carbocycles. The highest BCUT2D eigenvalue weighted by Crippen LogP contribution is 2.17. The molecule has 0 bridgehead atoms. The highest BCUT2D eigenvalue weighted by Gasteiger charge is 2.33. The molecule has 0 saturated carbocycles. The Labute approximate surface area is 94.0 Å². The van der Waals surface area contributed by atoms with Crippen LogP contribution in [0.5, 0.6) is 0 Å². The van der Waals surface area contributed by atoms with Gasteiger partial charge in [0.2, 0.25) is 0 Å². The molecule has 0 aromatic rings. The van der Waals surface area contributed by atoms with Crippen LogP contribution in [0, 0.1) is 0 Å². The molecule has 0 aromatic heterocycles. The average molecular weight is 239 g/mol. The number of nitrogens with one attached hydrogen (secondary N) is 1. The van der Waals surface area contributed by atoms with Crippen molar-refractivity contribution < 1.29 is 23.4 Å². The van der Waals surface area contributed by atoms with Gasteiger partial charge >= 0.3 is 5.97 Å². The number of carboxylic acids is 1. The predicted molar refractivity (Wildman–Crippen MR) is 55.8 cm³/mol. The number of rotatable bonds is 9. The van der Waals surface area contributed by atoms with E-state index in [0.29, 0.717) is 19.3 Å². The molecule has 4 nitrogen and oxygen atoms in total. The van der Waals surface area contributed by atoms with Gasteiger partial charge in [0.1, 0.15) is 12.1 Å². The molecule has 6 heteroatoms. The number of halogens is 2. The van der Waals surface area contributed by atoms with Gasteiger partial charge in [0.15, 0.2) is 0 Å². The second-order valence-electron chi connectivity index (χ2n) is 3.56. The van der Waals surface area contributed by atoms with E-state index in [9.17, 15) is 13.6 Å². The van der Waals surface area contributed by atoms with Gasteiger partial charge < -0.3 is 15.2 Å². The Morgan fingerprint density at radius 1 is 1.56 bits per heavy atom. The lowest BCUT2D eigenvalue weighted by atomic mass is 9.91. The number of likely N-dealkylation sites (N-methyl/N-ethyl adjacent to an activating group) is 1. The monoisotopic (exact) mass is 239 g/mol. The van der Waals surface area contributed by atoms with E-state index in [2.05, 4.69) is 10.1 Å². The van der Waals surface area contributed by atoms with Crippen molar-refractivity contribution in [2.45, 2.75) is 38.2 Å². The van der Waals surface area contributed by atoms with Crippen LogP contribution in [-0.4, -0.2) is 43.3 Å². The zero-order valence-electron chi connectivity index (χ0n) is 9.63. The second-order valence-corrected chi connectivity index (χ2v) is 3.56. The predicted octanol–water partition coefficient (Wildman–Crippen LogP) is 1.50. The summed E-state index contributed by atoms with van der Waals surface area (Å²) < 4.78 is 28.1. The SMILES string of the molecule is CCC(CCCOCC(F)F)(NC)C(=O)O. The first-order valence-electron chi connectivity index (χ1n) is 5.26. The molecular weight excluding hydrogens is 220 g/mol. The Balaban J connectivity index is 3.90. The molecular formula is C10H19F2NO3. The lowest BCUT2D eigenvalue weighted by molar-refractivity contribution is -0.145. The maximum absolute atomic E-state index is 11.7. The van der Waals surface area contributed by atoms with E-state index in [0.717, 1.165) is 0 Å². The van der Waals surface area contributed by atoms with E-state index in [1.807, 2.05) is 0 Å². The zero-order chi connectivity index (χ0) is 12.6. The van der Waals surface area contributed by atoms with Gasteiger partial charge in [-0.25, -0.2) is 8.78 Å². The standard InChI is InChI=1S/C10H19F2NO3/c1-3-10(13-2,9(14)15)5-4-6-16-7-8(11)12/h8,13H,3-7H2,1-2H3,(H,14,15). The van der Waals surface area contributed by atoms with Crippen LogP contribution in [0.4, 0.5) is 8.78 Å². The van der Waals surface area contributed by atoms with E-state index < -0.39 is 24.5 Å². The minimum Gasteiger partial charge on any atom is -0.480 e. The zero-order valence-corrected chi connectivity index (χ0v) is 9.63. The minimum atomic E-state index is -2.47. The van der Waals surface area contributed by atoms with Gasteiger partial charge in [0.25, 0.3) is 6.43 Å². The van der Waals surface area contributed by atoms with Crippen LogP contribution in [0.25, 0.3) is 0 Å². The van der Waals surface area contributed by atoms with Crippen LogP contribution in [0.1, 0.15) is 26.2 Å². The fraction of sp³-hybridized carbons (Fsp3) is 0.900. The summed E-state index contributed by atoms with van der Waals surface area (Å²) in [7, 11) is 1.58. The summed E-state index contributed by atoms with van der Waals surface area (Å²) in [4.78, 5) is 11.0. The first-order chi connectivity index (χ1) is 7.48. The molecule has 0 aliphatic carbocycles. The van der Waals surface area contributed by atoms with Gasteiger partial charge in [-0.3, -0.25) is 4.79 Å². The summed E-state index contributed by atoms with van der Waals surface area (Å²) in [5, 5.41) is 11.8. The van der Waals surface area contributed by atoms with Crippen molar-refractivity contribution in [2.24, 2.45) is 0 Å². The smallest absolute Gasteiger partial charge is 0.323 e. The number of carboxylic acid groups (broad SMARTS) is 1. The molecule has 0 amide bonds. The minimum absolute atomic E-state index is 0.154. The maximum atomic E-state index is 11.7. The Hall–Kier alpha value is -0.750. The van der Waals surface area contributed by atoms with Crippen LogP contribution >= 0.6 is 0 Å². The van der Waals surface area contributed by atoms with Crippen LogP contribution < -0.4 is 5.32 Å². The molecule has 0 spiro atoms. The summed E-state index contributed by atoms with van der Waals surface area (Å²) in [6, 6.07) is 0. The van der Waals surface area contributed by atoms with Crippen molar-refractivity contribution in [1.29, 1.82) is 0 Å². The van der Waals surface area contributed by atoms with Crippen molar-refractivity contribution in [3.63, 3.8) is 0 Å². The van der Waals surface area contributed by atoms with Crippen molar-refractivity contribution in [3.8, 4) is 0 Å². The summed E-state index contributed by atoms with van der Waals surface area (Å²) >= 11 is 0. The van der Waals surface area contributed by atoms with Crippen LogP contribution in [0.3, 0.4) is 0 Å². The van der Waals surface area contributed by atoms with Crippen molar-refractivity contribution in [2.75, 3.05) is 20.3 Å². The molecule has 0 saturated heterocycles. The van der Waals surface area contributed by atoms with E-state index in [1.165, 1.54) is 0 Å². The maximum Gasteiger partial charge on any atom is 0.323 e. The topological polar surface area (TPSA) is 58.6 Å². The molecule has 1 atom stereocenters.